The summed E-state index contributed by atoms with van der Waals surface area (Å²) in [6, 6.07) is 0. The number of ether oxygens (including phenoxy) is 1. The third-order valence-electron chi connectivity index (χ3n) is 3.44. The third-order valence-corrected chi connectivity index (χ3v) is 3.44. The van der Waals surface area contributed by atoms with E-state index in [0.29, 0.717) is 24.7 Å². The molecule has 2 heterocycles. The number of nitrogen functional groups attached to an aromatic ring is 1. The average molecular weight is 242 g/mol. The van der Waals surface area contributed by atoms with E-state index in [9.17, 15) is 8.78 Å². The lowest BCUT2D eigenvalue weighted by Crippen LogP contribution is -2.52. The van der Waals surface area contributed by atoms with Crippen molar-refractivity contribution in [2.75, 3.05) is 30.8 Å². The van der Waals surface area contributed by atoms with Crippen LogP contribution in [0.2, 0.25) is 0 Å². The van der Waals surface area contributed by atoms with Crippen LogP contribution in [0.1, 0.15) is 6.42 Å². The van der Waals surface area contributed by atoms with Gasteiger partial charge in [0.2, 0.25) is 11.8 Å². The smallest absolute Gasteiger partial charge is 0.258 e. The number of rotatable bonds is 2. The zero-order chi connectivity index (χ0) is 12.3. The van der Waals surface area contributed by atoms with Crippen molar-refractivity contribution in [3.05, 3.63) is 6.20 Å². The summed E-state index contributed by atoms with van der Waals surface area (Å²) in [5, 5.41) is 0. The minimum atomic E-state index is -2.51. The van der Waals surface area contributed by atoms with E-state index in [-0.39, 0.29) is 12.3 Å². The van der Waals surface area contributed by atoms with Gasteiger partial charge in [-0.2, -0.15) is 4.98 Å². The molecule has 0 radical (unpaired) electrons. The van der Waals surface area contributed by atoms with Gasteiger partial charge in [-0.1, -0.05) is 0 Å². The molecule has 1 aromatic rings. The monoisotopic (exact) mass is 242 g/mol. The molecule has 1 saturated heterocycles. The maximum Gasteiger partial charge on any atom is 0.258 e. The molecule has 5 nitrogen and oxygen atoms in total. The van der Waals surface area contributed by atoms with Gasteiger partial charge in [-0.15, -0.1) is 0 Å². The van der Waals surface area contributed by atoms with Crippen LogP contribution in [0.4, 0.5) is 20.4 Å². The number of nitrogens with two attached hydrogens (primary N) is 1. The van der Waals surface area contributed by atoms with E-state index < -0.39 is 11.3 Å². The number of halogens is 2. The molecule has 3 rings (SSSR count). The molecule has 0 bridgehead atoms. The molecule has 1 aliphatic heterocycles. The highest BCUT2D eigenvalue weighted by Gasteiger charge is 2.76. The summed E-state index contributed by atoms with van der Waals surface area (Å²) >= 11 is 0. The molecule has 92 valence electrons. The normalized spacial score (nSPS) is 23.4. The Morgan fingerprint density at radius 2 is 2.12 bits per heavy atom. The largest absolute Gasteiger partial charge is 0.479 e. The highest BCUT2D eigenvalue weighted by molar-refractivity contribution is 5.51. The fourth-order valence-electron chi connectivity index (χ4n) is 2.23. The van der Waals surface area contributed by atoms with Crippen LogP contribution < -0.4 is 15.4 Å². The molecule has 0 unspecified atom stereocenters. The highest BCUT2D eigenvalue weighted by Crippen LogP contribution is 2.65. The first-order valence-electron chi connectivity index (χ1n) is 5.27. The molecule has 2 aliphatic rings. The Morgan fingerprint density at radius 1 is 1.47 bits per heavy atom. The van der Waals surface area contributed by atoms with Crippen LogP contribution in [0, 0.1) is 5.41 Å². The van der Waals surface area contributed by atoms with Crippen molar-refractivity contribution in [3.63, 3.8) is 0 Å². The van der Waals surface area contributed by atoms with Crippen LogP contribution in [-0.2, 0) is 0 Å². The lowest BCUT2D eigenvalue weighted by Gasteiger charge is -2.39. The van der Waals surface area contributed by atoms with E-state index in [0.717, 1.165) is 0 Å². The van der Waals surface area contributed by atoms with Crippen molar-refractivity contribution in [3.8, 4) is 5.88 Å². The Balaban J connectivity index is 1.75. The van der Waals surface area contributed by atoms with E-state index in [4.69, 9.17) is 10.5 Å². The second-order valence-corrected chi connectivity index (χ2v) is 4.65. The molecule has 1 spiro atoms. The lowest BCUT2D eigenvalue weighted by molar-refractivity contribution is 0.0515. The van der Waals surface area contributed by atoms with E-state index in [2.05, 4.69) is 9.97 Å². The van der Waals surface area contributed by atoms with Gasteiger partial charge in [0.15, 0.2) is 0 Å². The quantitative estimate of drug-likeness (QED) is 0.835. The van der Waals surface area contributed by atoms with Crippen molar-refractivity contribution >= 4 is 11.6 Å². The van der Waals surface area contributed by atoms with Gasteiger partial charge in [-0.25, -0.2) is 13.8 Å². The number of anilines is 2. The Morgan fingerprint density at radius 3 is 2.65 bits per heavy atom. The molecule has 0 amide bonds. The van der Waals surface area contributed by atoms with Crippen LogP contribution in [0.15, 0.2) is 6.20 Å². The second kappa shape index (κ2) is 2.96. The van der Waals surface area contributed by atoms with Crippen molar-refractivity contribution in [1.82, 2.24) is 9.97 Å². The summed E-state index contributed by atoms with van der Waals surface area (Å²) in [6.07, 6.45) is 1.40. The molecule has 2 N–H and O–H groups in total. The van der Waals surface area contributed by atoms with Crippen LogP contribution in [-0.4, -0.2) is 36.1 Å². The molecule has 7 heteroatoms. The maximum absolute atomic E-state index is 13.0. The van der Waals surface area contributed by atoms with E-state index in [1.54, 1.807) is 4.90 Å². The fourth-order valence-corrected chi connectivity index (χ4v) is 2.23. The predicted molar refractivity (Wildman–Crippen MR) is 57.2 cm³/mol. The molecule has 2 fully saturated rings. The van der Waals surface area contributed by atoms with Crippen molar-refractivity contribution in [2.24, 2.45) is 5.41 Å². The van der Waals surface area contributed by atoms with E-state index in [1.165, 1.54) is 13.3 Å². The maximum atomic E-state index is 13.0. The molecule has 0 aromatic carbocycles. The number of aromatic nitrogens is 2. The van der Waals surface area contributed by atoms with Crippen LogP contribution >= 0.6 is 0 Å². The van der Waals surface area contributed by atoms with Crippen molar-refractivity contribution < 1.29 is 13.5 Å². The summed E-state index contributed by atoms with van der Waals surface area (Å²) in [5.41, 5.74) is 5.09. The fraction of sp³-hybridized carbons (Fsp3) is 0.600. The summed E-state index contributed by atoms with van der Waals surface area (Å²) < 4.78 is 31.0. The van der Waals surface area contributed by atoms with Gasteiger partial charge in [0.05, 0.1) is 18.7 Å². The predicted octanol–water partition coefficient (Wildman–Crippen LogP) is 0.913. The minimum Gasteiger partial charge on any atom is -0.479 e. The molecule has 17 heavy (non-hydrogen) atoms. The van der Waals surface area contributed by atoms with Gasteiger partial charge in [-0.3, -0.25) is 0 Å². The van der Waals surface area contributed by atoms with Gasteiger partial charge in [0, 0.05) is 19.5 Å². The summed E-state index contributed by atoms with van der Waals surface area (Å²) in [7, 11) is 1.45. The van der Waals surface area contributed by atoms with Gasteiger partial charge in [-0.05, 0) is 0 Å². The lowest BCUT2D eigenvalue weighted by atomic mass is 9.96. The van der Waals surface area contributed by atoms with Crippen molar-refractivity contribution in [1.29, 1.82) is 0 Å². The molecule has 1 saturated carbocycles. The Kier molecular flexibility index (Phi) is 1.83. The Hall–Kier alpha value is -1.66. The first-order chi connectivity index (χ1) is 7.97. The topological polar surface area (TPSA) is 64.3 Å². The number of methoxy groups -OCH3 is 1. The average Bonchev–Trinajstić information content (AvgIpc) is 2.81. The van der Waals surface area contributed by atoms with Gasteiger partial charge in [0.25, 0.3) is 5.92 Å². The minimum absolute atomic E-state index is 0.0252. The molecule has 1 aliphatic carbocycles. The molecule has 0 atom stereocenters. The summed E-state index contributed by atoms with van der Waals surface area (Å²) in [5.74, 6) is -1.84. The zero-order valence-corrected chi connectivity index (χ0v) is 9.28. The zero-order valence-electron chi connectivity index (χ0n) is 9.28. The first-order valence-corrected chi connectivity index (χ1v) is 5.27. The molecule has 1 aromatic heterocycles. The van der Waals surface area contributed by atoms with Crippen LogP contribution in [0.25, 0.3) is 0 Å². The highest BCUT2D eigenvalue weighted by atomic mass is 19.3. The standard InChI is InChI=1S/C10H12F2N4O/c1-17-7-6(13)2-14-8(15-7)16-4-9(5-16)3-10(9,11)12/h2H,3-5,13H2,1H3. The van der Waals surface area contributed by atoms with Gasteiger partial charge in [0.1, 0.15) is 5.69 Å². The number of nitrogens with zero attached hydrogens (tertiary/aromatic N) is 3. The van der Waals surface area contributed by atoms with E-state index in [1.807, 2.05) is 0 Å². The number of hydrogen-bond acceptors (Lipinski definition) is 5. The number of hydrogen-bond donors (Lipinski definition) is 1. The third kappa shape index (κ3) is 1.34. The van der Waals surface area contributed by atoms with E-state index >= 15 is 0 Å². The van der Waals surface area contributed by atoms with Crippen LogP contribution in [0.5, 0.6) is 5.88 Å². The Bertz CT molecular complexity index is 473. The van der Waals surface area contributed by atoms with Gasteiger partial charge >= 0.3 is 0 Å². The molecular formula is C10H12F2N4O. The molecular weight excluding hydrogens is 230 g/mol. The van der Waals surface area contributed by atoms with Crippen molar-refractivity contribution in [2.45, 2.75) is 12.3 Å². The SMILES string of the molecule is COc1nc(N2CC3(C2)CC3(F)F)ncc1N. The van der Waals surface area contributed by atoms with Gasteiger partial charge < -0.3 is 15.4 Å². The van der Waals surface area contributed by atoms with Crippen LogP contribution in [0.3, 0.4) is 0 Å². The number of alkyl halides is 2. The Labute approximate surface area is 96.6 Å². The summed E-state index contributed by atoms with van der Waals surface area (Å²) in [6.45, 7) is 0.597. The first kappa shape index (κ1) is 10.5. The second-order valence-electron chi connectivity index (χ2n) is 4.65. The summed E-state index contributed by atoms with van der Waals surface area (Å²) in [4.78, 5) is 9.80.